The lowest BCUT2D eigenvalue weighted by atomic mass is 9.85. The molecule has 1 aromatic carbocycles. The maximum atomic E-state index is 6.17. The van der Waals surface area contributed by atoms with E-state index in [0.717, 1.165) is 30.1 Å². The standard InChI is InChI=1S/C16H23ClN2/c1-19(11-12-3-2-4-12)16-9-14(17)6-5-13(16)10-18-15-7-8-15/h5-6,9,12,15,18H,2-4,7-8,10-11H2,1H3. The van der Waals surface area contributed by atoms with Gasteiger partial charge in [-0.25, -0.2) is 0 Å². The first-order valence-corrected chi connectivity index (χ1v) is 7.83. The van der Waals surface area contributed by atoms with Gasteiger partial charge >= 0.3 is 0 Å². The maximum absolute atomic E-state index is 6.17. The molecule has 19 heavy (non-hydrogen) atoms. The van der Waals surface area contributed by atoms with Crippen LogP contribution < -0.4 is 10.2 Å². The van der Waals surface area contributed by atoms with Gasteiger partial charge in [-0.15, -0.1) is 0 Å². The van der Waals surface area contributed by atoms with Gasteiger partial charge in [-0.1, -0.05) is 24.1 Å². The quantitative estimate of drug-likeness (QED) is 0.851. The molecule has 2 nitrogen and oxygen atoms in total. The van der Waals surface area contributed by atoms with E-state index in [2.05, 4.69) is 29.4 Å². The lowest BCUT2D eigenvalue weighted by molar-refractivity contribution is 0.321. The number of rotatable bonds is 6. The Morgan fingerprint density at radius 2 is 2.05 bits per heavy atom. The van der Waals surface area contributed by atoms with Crippen molar-refractivity contribution in [1.82, 2.24) is 5.32 Å². The van der Waals surface area contributed by atoms with Crippen LogP contribution in [0.15, 0.2) is 18.2 Å². The molecule has 1 aromatic rings. The van der Waals surface area contributed by atoms with E-state index in [4.69, 9.17) is 11.6 Å². The Hall–Kier alpha value is -0.730. The molecule has 0 spiro atoms. The predicted molar refractivity (Wildman–Crippen MR) is 81.9 cm³/mol. The van der Waals surface area contributed by atoms with Gasteiger partial charge in [0, 0.05) is 36.9 Å². The first-order chi connectivity index (χ1) is 9.22. The zero-order valence-electron chi connectivity index (χ0n) is 11.7. The Labute approximate surface area is 121 Å². The molecule has 0 unspecified atom stereocenters. The largest absolute Gasteiger partial charge is 0.374 e. The first-order valence-electron chi connectivity index (χ1n) is 7.45. The number of halogens is 1. The highest BCUT2D eigenvalue weighted by Crippen LogP contribution is 2.31. The molecular formula is C16H23ClN2. The molecule has 2 aliphatic carbocycles. The molecule has 0 saturated heterocycles. The van der Waals surface area contributed by atoms with E-state index >= 15 is 0 Å². The highest BCUT2D eigenvalue weighted by Gasteiger charge is 2.22. The van der Waals surface area contributed by atoms with Crippen molar-refractivity contribution in [2.75, 3.05) is 18.5 Å². The van der Waals surface area contributed by atoms with Crippen LogP contribution in [0.4, 0.5) is 5.69 Å². The van der Waals surface area contributed by atoms with Crippen molar-refractivity contribution in [3.63, 3.8) is 0 Å². The second-order valence-corrected chi connectivity index (χ2v) is 6.54. The second kappa shape index (κ2) is 5.72. The van der Waals surface area contributed by atoms with Crippen LogP contribution in [0.2, 0.25) is 5.02 Å². The van der Waals surface area contributed by atoms with E-state index in [-0.39, 0.29) is 0 Å². The molecule has 0 aromatic heterocycles. The molecule has 0 radical (unpaired) electrons. The van der Waals surface area contributed by atoms with Gasteiger partial charge in [0.2, 0.25) is 0 Å². The number of benzene rings is 1. The summed E-state index contributed by atoms with van der Waals surface area (Å²) in [6.07, 6.45) is 6.85. The average Bonchev–Trinajstić information content (AvgIpc) is 3.16. The minimum Gasteiger partial charge on any atom is -0.374 e. The summed E-state index contributed by atoms with van der Waals surface area (Å²) in [7, 11) is 2.20. The van der Waals surface area contributed by atoms with E-state index < -0.39 is 0 Å². The Balaban J connectivity index is 1.69. The van der Waals surface area contributed by atoms with E-state index in [1.165, 1.54) is 43.4 Å². The van der Waals surface area contributed by atoms with Crippen molar-refractivity contribution in [2.45, 2.75) is 44.7 Å². The Morgan fingerprint density at radius 1 is 1.26 bits per heavy atom. The summed E-state index contributed by atoms with van der Waals surface area (Å²) in [6.45, 7) is 2.13. The zero-order chi connectivity index (χ0) is 13.2. The molecule has 2 aliphatic rings. The molecule has 0 atom stereocenters. The normalized spacial score (nSPS) is 19.3. The third kappa shape index (κ3) is 3.43. The van der Waals surface area contributed by atoms with Gasteiger partial charge in [0.25, 0.3) is 0 Å². The Kier molecular flexibility index (Phi) is 3.99. The SMILES string of the molecule is CN(CC1CCC1)c1cc(Cl)ccc1CNC1CC1. The summed E-state index contributed by atoms with van der Waals surface area (Å²) in [5, 5.41) is 4.44. The van der Waals surface area contributed by atoms with E-state index in [1.807, 2.05) is 6.07 Å². The van der Waals surface area contributed by atoms with Gasteiger partial charge in [-0.05, 0) is 49.3 Å². The van der Waals surface area contributed by atoms with E-state index in [1.54, 1.807) is 0 Å². The number of hydrogen-bond donors (Lipinski definition) is 1. The van der Waals surface area contributed by atoms with Crippen LogP contribution in [0.5, 0.6) is 0 Å². The van der Waals surface area contributed by atoms with Crippen molar-refractivity contribution in [2.24, 2.45) is 5.92 Å². The first kappa shape index (κ1) is 13.3. The Bertz CT molecular complexity index is 438. The fraction of sp³-hybridized carbons (Fsp3) is 0.625. The van der Waals surface area contributed by atoms with Crippen LogP contribution in [0, 0.1) is 5.92 Å². The van der Waals surface area contributed by atoms with Crippen molar-refractivity contribution >= 4 is 17.3 Å². The van der Waals surface area contributed by atoms with Crippen molar-refractivity contribution < 1.29 is 0 Å². The summed E-state index contributed by atoms with van der Waals surface area (Å²) in [6, 6.07) is 7.04. The smallest absolute Gasteiger partial charge is 0.0426 e. The van der Waals surface area contributed by atoms with Gasteiger partial charge in [-0.2, -0.15) is 0 Å². The summed E-state index contributed by atoms with van der Waals surface area (Å²) in [5.74, 6) is 0.883. The molecule has 2 saturated carbocycles. The third-order valence-corrected chi connectivity index (χ3v) is 4.61. The summed E-state index contributed by atoms with van der Waals surface area (Å²) >= 11 is 6.17. The van der Waals surface area contributed by atoms with Crippen LogP contribution >= 0.6 is 11.6 Å². The monoisotopic (exact) mass is 278 g/mol. The molecule has 2 fully saturated rings. The Morgan fingerprint density at radius 3 is 2.68 bits per heavy atom. The molecular weight excluding hydrogens is 256 g/mol. The minimum atomic E-state index is 0.750. The van der Waals surface area contributed by atoms with Crippen LogP contribution in [0.1, 0.15) is 37.7 Å². The fourth-order valence-electron chi connectivity index (χ4n) is 2.74. The van der Waals surface area contributed by atoms with Gasteiger partial charge in [0.15, 0.2) is 0 Å². The molecule has 3 heteroatoms. The number of nitrogens with zero attached hydrogens (tertiary/aromatic N) is 1. The zero-order valence-corrected chi connectivity index (χ0v) is 12.4. The number of hydrogen-bond acceptors (Lipinski definition) is 2. The van der Waals surface area contributed by atoms with Crippen LogP contribution in [-0.4, -0.2) is 19.6 Å². The van der Waals surface area contributed by atoms with E-state index in [0.29, 0.717) is 0 Å². The van der Waals surface area contributed by atoms with E-state index in [9.17, 15) is 0 Å². The average molecular weight is 279 g/mol. The molecule has 0 bridgehead atoms. The molecule has 104 valence electrons. The van der Waals surface area contributed by atoms with Crippen LogP contribution in [-0.2, 0) is 6.54 Å². The topological polar surface area (TPSA) is 15.3 Å². The van der Waals surface area contributed by atoms with Crippen LogP contribution in [0.3, 0.4) is 0 Å². The predicted octanol–water partition coefficient (Wildman–Crippen LogP) is 3.83. The van der Waals surface area contributed by atoms with Crippen molar-refractivity contribution in [1.29, 1.82) is 0 Å². The highest BCUT2D eigenvalue weighted by molar-refractivity contribution is 6.30. The summed E-state index contributed by atoms with van der Waals surface area (Å²) in [5.41, 5.74) is 2.67. The fourth-order valence-corrected chi connectivity index (χ4v) is 2.91. The van der Waals surface area contributed by atoms with Gasteiger partial charge in [-0.3, -0.25) is 0 Å². The number of anilines is 1. The summed E-state index contributed by atoms with van der Waals surface area (Å²) in [4.78, 5) is 2.39. The lowest BCUT2D eigenvalue weighted by Crippen LogP contribution is -2.30. The molecule has 0 heterocycles. The highest BCUT2D eigenvalue weighted by atomic mass is 35.5. The minimum absolute atomic E-state index is 0.750. The van der Waals surface area contributed by atoms with Crippen molar-refractivity contribution in [3.05, 3.63) is 28.8 Å². The van der Waals surface area contributed by atoms with Gasteiger partial charge in [0.1, 0.15) is 0 Å². The molecule has 0 amide bonds. The van der Waals surface area contributed by atoms with Gasteiger partial charge in [0.05, 0.1) is 0 Å². The van der Waals surface area contributed by atoms with Crippen molar-refractivity contribution in [3.8, 4) is 0 Å². The number of nitrogens with one attached hydrogen (secondary N) is 1. The van der Waals surface area contributed by atoms with Gasteiger partial charge < -0.3 is 10.2 Å². The van der Waals surface area contributed by atoms with Crippen LogP contribution in [0.25, 0.3) is 0 Å². The summed E-state index contributed by atoms with van der Waals surface area (Å²) < 4.78 is 0. The lowest BCUT2D eigenvalue weighted by Gasteiger charge is -2.32. The molecule has 3 rings (SSSR count). The maximum Gasteiger partial charge on any atom is 0.0426 e. The third-order valence-electron chi connectivity index (χ3n) is 4.37. The molecule has 1 N–H and O–H groups in total. The second-order valence-electron chi connectivity index (χ2n) is 6.11. The molecule has 0 aliphatic heterocycles.